The first-order chi connectivity index (χ1) is 10.5. The third-order valence-electron chi connectivity index (χ3n) is 3.45. The SMILES string of the molecule is Cc1ccc(C)c(OCC(=O)N(C)Cc2ccc(Cl)cc2)c1. The molecule has 0 saturated carbocycles. The predicted molar refractivity (Wildman–Crippen MR) is 89.3 cm³/mol. The summed E-state index contributed by atoms with van der Waals surface area (Å²) in [7, 11) is 1.77. The molecule has 0 saturated heterocycles. The Morgan fingerprint density at radius 2 is 1.82 bits per heavy atom. The van der Waals surface area contributed by atoms with E-state index in [4.69, 9.17) is 16.3 Å². The quantitative estimate of drug-likeness (QED) is 0.834. The summed E-state index contributed by atoms with van der Waals surface area (Å²) >= 11 is 5.86. The van der Waals surface area contributed by atoms with Crippen LogP contribution in [-0.4, -0.2) is 24.5 Å². The molecule has 0 bridgehead atoms. The van der Waals surface area contributed by atoms with Gasteiger partial charge >= 0.3 is 0 Å². The number of amides is 1. The molecular weight excluding hydrogens is 298 g/mol. The number of likely N-dealkylation sites (N-methyl/N-ethyl adjacent to an activating group) is 1. The fraction of sp³-hybridized carbons (Fsp3) is 0.278. The van der Waals surface area contributed by atoms with Crippen LogP contribution in [0.2, 0.25) is 5.02 Å². The lowest BCUT2D eigenvalue weighted by Gasteiger charge is -2.18. The summed E-state index contributed by atoms with van der Waals surface area (Å²) in [6, 6.07) is 13.4. The standard InChI is InChI=1S/C18H20ClNO2/c1-13-4-5-14(2)17(10-13)22-12-18(21)20(3)11-15-6-8-16(19)9-7-15/h4-10H,11-12H2,1-3H3. The lowest BCUT2D eigenvalue weighted by molar-refractivity contribution is -0.132. The van der Waals surface area contributed by atoms with Crippen molar-refractivity contribution in [1.29, 1.82) is 0 Å². The number of aryl methyl sites for hydroxylation is 2. The molecule has 22 heavy (non-hydrogen) atoms. The highest BCUT2D eigenvalue weighted by atomic mass is 35.5. The van der Waals surface area contributed by atoms with Crippen LogP contribution >= 0.6 is 11.6 Å². The molecule has 0 aliphatic carbocycles. The van der Waals surface area contributed by atoms with Crippen molar-refractivity contribution in [1.82, 2.24) is 4.90 Å². The second kappa shape index (κ2) is 7.32. The minimum absolute atomic E-state index is 0.0361. The first-order valence-electron chi connectivity index (χ1n) is 7.14. The molecule has 0 aliphatic heterocycles. The molecule has 116 valence electrons. The van der Waals surface area contributed by atoms with E-state index in [1.807, 2.05) is 56.3 Å². The zero-order valence-electron chi connectivity index (χ0n) is 13.1. The maximum absolute atomic E-state index is 12.2. The van der Waals surface area contributed by atoms with Gasteiger partial charge in [-0.2, -0.15) is 0 Å². The molecule has 0 N–H and O–H groups in total. The summed E-state index contributed by atoms with van der Waals surface area (Å²) in [6.45, 7) is 4.54. The zero-order valence-corrected chi connectivity index (χ0v) is 13.9. The molecule has 2 aromatic rings. The molecule has 0 fully saturated rings. The van der Waals surface area contributed by atoms with Gasteiger partial charge in [0.2, 0.25) is 0 Å². The van der Waals surface area contributed by atoms with Gasteiger partial charge in [-0.3, -0.25) is 4.79 Å². The number of rotatable bonds is 5. The molecule has 0 aliphatic rings. The molecule has 0 spiro atoms. The van der Waals surface area contributed by atoms with Crippen molar-refractivity contribution in [2.45, 2.75) is 20.4 Å². The molecule has 4 heteroatoms. The summed E-state index contributed by atoms with van der Waals surface area (Å²) in [4.78, 5) is 13.8. The van der Waals surface area contributed by atoms with Crippen molar-refractivity contribution in [3.05, 3.63) is 64.2 Å². The van der Waals surface area contributed by atoms with Gasteiger partial charge in [0.15, 0.2) is 6.61 Å². The van der Waals surface area contributed by atoms with Crippen LogP contribution in [0.3, 0.4) is 0 Å². The normalized spacial score (nSPS) is 10.4. The first kappa shape index (κ1) is 16.4. The Hall–Kier alpha value is -2.00. The van der Waals surface area contributed by atoms with Crippen LogP contribution in [0.15, 0.2) is 42.5 Å². The van der Waals surface area contributed by atoms with Gasteiger partial charge in [0.05, 0.1) is 0 Å². The summed E-state index contributed by atoms with van der Waals surface area (Å²) in [5.74, 6) is 0.698. The summed E-state index contributed by atoms with van der Waals surface area (Å²) in [6.07, 6.45) is 0. The van der Waals surface area contributed by atoms with Crippen molar-refractivity contribution < 1.29 is 9.53 Å². The lowest BCUT2D eigenvalue weighted by atomic mass is 10.1. The molecule has 0 aromatic heterocycles. The van der Waals surface area contributed by atoms with Gasteiger partial charge in [0.25, 0.3) is 5.91 Å². The number of nitrogens with zero attached hydrogens (tertiary/aromatic N) is 1. The minimum Gasteiger partial charge on any atom is -0.483 e. The van der Waals surface area contributed by atoms with Crippen LogP contribution in [0.4, 0.5) is 0 Å². The number of benzene rings is 2. The van der Waals surface area contributed by atoms with E-state index in [-0.39, 0.29) is 12.5 Å². The Morgan fingerprint density at radius 3 is 2.50 bits per heavy atom. The molecule has 0 heterocycles. The highest BCUT2D eigenvalue weighted by molar-refractivity contribution is 6.30. The van der Waals surface area contributed by atoms with E-state index in [9.17, 15) is 4.79 Å². The van der Waals surface area contributed by atoms with Crippen LogP contribution in [0, 0.1) is 13.8 Å². The van der Waals surface area contributed by atoms with E-state index in [1.165, 1.54) is 0 Å². The molecule has 0 radical (unpaired) electrons. The highest BCUT2D eigenvalue weighted by Gasteiger charge is 2.11. The smallest absolute Gasteiger partial charge is 0.260 e. The van der Waals surface area contributed by atoms with Crippen molar-refractivity contribution in [2.75, 3.05) is 13.7 Å². The third kappa shape index (κ3) is 4.50. The Labute approximate surface area is 136 Å². The maximum atomic E-state index is 12.2. The van der Waals surface area contributed by atoms with Crippen LogP contribution in [-0.2, 0) is 11.3 Å². The first-order valence-corrected chi connectivity index (χ1v) is 7.52. The summed E-state index contributed by atoms with van der Waals surface area (Å²) in [5, 5.41) is 0.691. The van der Waals surface area contributed by atoms with Gasteiger partial charge < -0.3 is 9.64 Å². The fourth-order valence-corrected chi connectivity index (χ4v) is 2.19. The molecule has 1 amide bonds. The van der Waals surface area contributed by atoms with E-state index in [1.54, 1.807) is 11.9 Å². The van der Waals surface area contributed by atoms with Crippen LogP contribution < -0.4 is 4.74 Å². The van der Waals surface area contributed by atoms with Crippen LogP contribution in [0.5, 0.6) is 5.75 Å². The number of carbonyl (C=O) groups excluding carboxylic acids is 1. The van der Waals surface area contributed by atoms with Crippen LogP contribution in [0.25, 0.3) is 0 Å². The van der Waals surface area contributed by atoms with E-state index in [0.717, 1.165) is 22.4 Å². The summed E-state index contributed by atoms with van der Waals surface area (Å²) < 4.78 is 5.65. The number of hydrogen-bond donors (Lipinski definition) is 0. The largest absolute Gasteiger partial charge is 0.483 e. The lowest BCUT2D eigenvalue weighted by Crippen LogP contribution is -2.31. The Bertz CT molecular complexity index is 653. The minimum atomic E-state index is -0.0594. The Kier molecular flexibility index (Phi) is 5.45. The predicted octanol–water partition coefficient (Wildman–Crippen LogP) is 3.99. The van der Waals surface area contributed by atoms with E-state index < -0.39 is 0 Å². The zero-order chi connectivity index (χ0) is 16.1. The number of ether oxygens (including phenoxy) is 1. The van der Waals surface area contributed by atoms with E-state index in [2.05, 4.69) is 0 Å². The van der Waals surface area contributed by atoms with Gasteiger partial charge in [-0.1, -0.05) is 35.9 Å². The van der Waals surface area contributed by atoms with Crippen LogP contribution in [0.1, 0.15) is 16.7 Å². The van der Waals surface area contributed by atoms with E-state index in [0.29, 0.717) is 11.6 Å². The molecule has 0 atom stereocenters. The Morgan fingerprint density at radius 1 is 1.14 bits per heavy atom. The second-order valence-electron chi connectivity index (χ2n) is 5.43. The molecule has 0 unspecified atom stereocenters. The monoisotopic (exact) mass is 317 g/mol. The van der Waals surface area contributed by atoms with Crippen molar-refractivity contribution in [3.63, 3.8) is 0 Å². The number of hydrogen-bond acceptors (Lipinski definition) is 2. The highest BCUT2D eigenvalue weighted by Crippen LogP contribution is 2.19. The Balaban J connectivity index is 1.91. The molecule has 2 rings (SSSR count). The average Bonchev–Trinajstić information content (AvgIpc) is 2.50. The van der Waals surface area contributed by atoms with Gasteiger partial charge in [0.1, 0.15) is 5.75 Å². The van der Waals surface area contributed by atoms with Gasteiger partial charge in [-0.15, -0.1) is 0 Å². The molecular formula is C18H20ClNO2. The van der Waals surface area contributed by atoms with Gasteiger partial charge in [-0.05, 0) is 48.7 Å². The molecule has 3 nitrogen and oxygen atoms in total. The fourth-order valence-electron chi connectivity index (χ4n) is 2.06. The van der Waals surface area contributed by atoms with Gasteiger partial charge in [-0.25, -0.2) is 0 Å². The topological polar surface area (TPSA) is 29.5 Å². The number of halogens is 1. The van der Waals surface area contributed by atoms with E-state index >= 15 is 0 Å². The second-order valence-corrected chi connectivity index (χ2v) is 5.87. The number of carbonyl (C=O) groups is 1. The third-order valence-corrected chi connectivity index (χ3v) is 3.71. The van der Waals surface area contributed by atoms with Crippen molar-refractivity contribution >= 4 is 17.5 Å². The molecule has 2 aromatic carbocycles. The van der Waals surface area contributed by atoms with Crippen molar-refractivity contribution in [2.24, 2.45) is 0 Å². The summed E-state index contributed by atoms with van der Waals surface area (Å²) in [5.41, 5.74) is 3.17. The average molecular weight is 318 g/mol. The van der Waals surface area contributed by atoms with Gasteiger partial charge in [0, 0.05) is 18.6 Å². The van der Waals surface area contributed by atoms with Crippen molar-refractivity contribution in [3.8, 4) is 5.75 Å². The maximum Gasteiger partial charge on any atom is 0.260 e.